The highest BCUT2D eigenvalue weighted by atomic mass is 32.2. The first-order valence-corrected chi connectivity index (χ1v) is 11.9. The third kappa shape index (κ3) is 4.60. The fourth-order valence-electron chi connectivity index (χ4n) is 3.86. The second-order valence-corrected chi connectivity index (χ2v) is 9.59. The van der Waals surface area contributed by atoms with Gasteiger partial charge in [-0.05, 0) is 36.4 Å². The zero-order chi connectivity index (χ0) is 23.6. The SMILES string of the molecule is CN(c1ccccc1)c1ccccc1C(=O)N1CCN(S(=O)(=O)c2ccc(F)cc2F)CC1. The predicted molar refractivity (Wildman–Crippen MR) is 122 cm³/mol. The highest BCUT2D eigenvalue weighted by molar-refractivity contribution is 7.89. The maximum absolute atomic E-state index is 14.1. The third-order valence-corrected chi connectivity index (χ3v) is 7.61. The summed E-state index contributed by atoms with van der Waals surface area (Å²) in [5.74, 6) is -2.19. The van der Waals surface area contributed by atoms with E-state index in [1.54, 1.807) is 17.0 Å². The van der Waals surface area contributed by atoms with Gasteiger partial charge >= 0.3 is 0 Å². The van der Waals surface area contributed by atoms with E-state index in [1.165, 1.54) is 0 Å². The molecule has 4 rings (SSSR count). The molecule has 3 aromatic carbocycles. The van der Waals surface area contributed by atoms with Gasteiger partial charge in [-0.3, -0.25) is 4.79 Å². The second-order valence-electron chi connectivity index (χ2n) is 7.68. The van der Waals surface area contributed by atoms with E-state index in [4.69, 9.17) is 0 Å². The molecule has 0 bridgehead atoms. The van der Waals surface area contributed by atoms with Crippen molar-refractivity contribution in [3.63, 3.8) is 0 Å². The summed E-state index contributed by atoms with van der Waals surface area (Å²) in [5, 5.41) is 0. The van der Waals surface area contributed by atoms with Gasteiger partial charge in [0.15, 0.2) is 0 Å². The Kier molecular flexibility index (Phi) is 6.44. The number of halogens is 2. The van der Waals surface area contributed by atoms with Gasteiger partial charge in [-0.1, -0.05) is 30.3 Å². The topological polar surface area (TPSA) is 60.9 Å². The molecule has 0 unspecified atom stereocenters. The summed E-state index contributed by atoms with van der Waals surface area (Å²) in [4.78, 5) is 16.2. The Morgan fingerprint density at radius 2 is 1.52 bits per heavy atom. The normalized spacial score (nSPS) is 14.8. The van der Waals surface area contributed by atoms with Crippen LogP contribution in [0.25, 0.3) is 0 Å². The van der Waals surface area contributed by atoms with Crippen LogP contribution in [-0.4, -0.2) is 56.8 Å². The second kappa shape index (κ2) is 9.29. The fourth-order valence-corrected chi connectivity index (χ4v) is 5.33. The molecular weight excluding hydrogens is 448 g/mol. The molecule has 1 aliphatic rings. The van der Waals surface area contributed by atoms with Crippen molar-refractivity contribution in [2.24, 2.45) is 0 Å². The van der Waals surface area contributed by atoms with Crippen LogP contribution in [0.4, 0.5) is 20.2 Å². The summed E-state index contributed by atoms with van der Waals surface area (Å²) in [6.07, 6.45) is 0. The lowest BCUT2D eigenvalue weighted by Crippen LogP contribution is -2.50. The van der Waals surface area contributed by atoms with Gasteiger partial charge in [0.2, 0.25) is 10.0 Å². The maximum Gasteiger partial charge on any atom is 0.256 e. The number of sulfonamides is 1. The minimum Gasteiger partial charge on any atom is -0.344 e. The minimum atomic E-state index is -4.14. The van der Waals surface area contributed by atoms with Gasteiger partial charge in [0.05, 0.1) is 11.3 Å². The van der Waals surface area contributed by atoms with Gasteiger partial charge in [-0.15, -0.1) is 0 Å². The average molecular weight is 472 g/mol. The first-order chi connectivity index (χ1) is 15.8. The Balaban J connectivity index is 1.51. The summed E-state index contributed by atoms with van der Waals surface area (Å²) in [6, 6.07) is 19.3. The molecule has 1 heterocycles. The van der Waals surface area contributed by atoms with Crippen molar-refractivity contribution >= 4 is 27.3 Å². The summed E-state index contributed by atoms with van der Waals surface area (Å²) in [6.45, 7) is 0.345. The third-order valence-electron chi connectivity index (χ3n) is 5.68. The van der Waals surface area contributed by atoms with Crippen molar-refractivity contribution in [3.05, 3.63) is 90.0 Å². The Bertz CT molecular complexity index is 1260. The zero-order valence-electron chi connectivity index (χ0n) is 18.0. The molecule has 0 aromatic heterocycles. The van der Waals surface area contributed by atoms with Crippen LogP contribution in [0.2, 0.25) is 0 Å². The number of anilines is 2. The summed E-state index contributed by atoms with van der Waals surface area (Å²) in [5.41, 5.74) is 2.16. The number of amides is 1. The van der Waals surface area contributed by atoms with E-state index in [1.807, 2.05) is 54.4 Å². The molecule has 0 radical (unpaired) electrons. The van der Waals surface area contributed by atoms with E-state index in [0.29, 0.717) is 11.6 Å². The van der Waals surface area contributed by atoms with Crippen LogP contribution in [0.15, 0.2) is 77.7 Å². The molecular formula is C24H23F2N3O3S. The molecule has 1 fully saturated rings. The molecule has 9 heteroatoms. The Morgan fingerprint density at radius 3 is 2.18 bits per heavy atom. The minimum absolute atomic E-state index is 0.0155. The first kappa shape index (κ1) is 22.9. The molecule has 1 amide bonds. The van der Waals surface area contributed by atoms with Gasteiger partial charge < -0.3 is 9.80 Å². The van der Waals surface area contributed by atoms with E-state index in [-0.39, 0.29) is 32.1 Å². The number of hydrogen-bond donors (Lipinski definition) is 0. The number of rotatable bonds is 5. The van der Waals surface area contributed by atoms with Crippen molar-refractivity contribution in [1.29, 1.82) is 0 Å². The molecule has 6 nitrogen and oxygen atoms in total. The van der Waals surface area contributed by atoms with Gasteiger partial charge in [0, 0.05) is 45.0 Å². The van der Waals surface area contributed by atoms with Gasteiger partial charge in [-0.25, -0.2) is 17.2 Å². The molecule has 0 saturated carbocycles. The van der Waals surface area contributed by atoms with Gasteiger partial charge in [-0.2, -0.15) is 4.31 Å². The number of benzene rings is 3. The van der Waals surface area contributed by atoms with Crippen LogP contribution >= 0.6 is 0 Å². The Labute approximate surface area is 191 Å². The van der Waals surface area contributed by atoms with Crippen molar-refractivity contribution in [2.45, 2.75) is 4.90 Å². The van der Waals surface area contributed by atoms with E-state index >= 15 is 0 Å². The molecule has 0 aliphatic carbocycles. The van der Waals surface area contributed by atoms with E-state index in [0.717, 1.165) is 27.8 Å². The molecule has 0 N–H and O–H groups in total. The average Bonchev–Trinajstić information content (AvgIpc) is 2.83. The molecule has 1 aliphatic heterocycles. The van der Waals surface area contributed by atoms with Crippen LogP contribution in [0.1, 0.15) is 10.4 Å². The number of piperazine rings is 1. The highest BCUT2D eigenvalue weighted by Crippen LogP contribution is 2.28. The number of nitrogens with zero attached hydrogens (tertiary/aromatic N) is 3. The zero-order valence-corrected chi connectivity index (χ0v) is 18.8. The molecule has 33 heavy (non-hydrogen) atoms. The standard InChI is InChI=1S/C24H23F2N3O3S/c1-27(19-7-3-2-4-8-19)22-10-6-5-9-20(22)24(30)28-13-15-29(16-14-28)33(31,32)23-12-11-18(25)17-21(23)26/h2-12,17H,13-16H2,1H3. The van der Waals surface area contributed by atoms with Crippen LogP contribution in [0, 0.1) is 11.6 Å². The summed E-state index contributed by atoms with van der Waals surface area (Å²) >= 11 is 0. The molecule has 0 atom stereocenters. The smallest absolute Gasteiger partial charge is 0.256 e. The largest absolute Gasteiger partial charge is 0.344 e. The summed E-state index contributed by atoms with van der Waals surface area (Å²) < 4.78 is 54.0. The fraction of sp³-hybridized carbons (Fsp3) is 0.208. The Hall–Kier alpha value is -3.30. The lowest BCUT2D eigenvalue weighted by molar-refractivity contribution is 0.0698. The van der Waals surface area contributed by atoms with Crippen molar-refractivity contribution in [1.82, 2.24) is 9.21 Å². The molecule has 3 aromatic rings. The predicted octanol–water partition coefficient (Wildman–Crippen LogP) is 3.88. The maximum atomic E-state index is 14.1. The van der Waals surface area contributed by atoms with E-state index in [9.17, 15) is 22.0 Å². The van der Waals surface area contributed by atoms with Crippen molar-refractivity contribution < 1.29 is 22.0 Å². The van der Waals surface area contributed by atoms with Crippen molar-refractivity contribution in [2.75, 3.05) is 38.1 Å². The van der Waals surface area contributed by atoms with Crippen LogP contribution in [0.3, 0.4) is 0 Å². The molecule has 1 saturated heterocycles. The quantitative estimate of drug-likeness (QED) is 0.567. The highest BCUT2D eigenvalue weighted by Gasteiger charge is 2.33. The lowest BCUT2D eigenvalue weighted by atomic mass is 10.1. The molecule has 0 spiro atoms. The lowest BCUT2D eigenvalue weighted by Gasteiger charge is -2.34. The van der Waals surface area contributed by atoms with Crippen LogP contribution in [-0.2, 0) is 10.0 Å². The first-order valence-electron chi connectivity index (χ1n) is 10.4. The monoisotopic (exact) mass is 471 g/mol. The number of para-hydroxylation sites is 2. The van der Waals surface area contributed by atoms with E-state index in [2.05, 4.69) is 0 Å². The van der Waals surface area contributed by atoms with Crippen LogP contribution in [0.5, 0.6) is 0 Å². The van der Waals surface area contributed by atoms with Crippen LogP contribution < -0.4 is 4.90 Å². The van der Waals surface area contributed by atoms with Gasteiger partial charge in [0.25, 0.3) is 5.91 Å². The Morgan fingerprint density at radius 1 is 0.879 bits per heavy atom. The molecule has 172 valence electrons. The number of hydrogen-bond acceptors (Lipinski definition) is 4. The van der Waals surface area contributed by atoms with Gasteiger partial charge in [0.1, 0.15) is 16.5 Å². The van der Waals surface area contributed by atoms with Crippen molar-refractivity contribution in [3.8, 4) is 0 Å². The summed E-state index contributed by atoms with van der Waals surface area (Å²) in [7, 11) is -2.26. The number of carbonyl (C=O) groups excluding carboxylic acids is 1. The number of carbonyl (C=O) groups is 1. The van der Waals surface area contributed by atoms with E-state index < -0.39 is 26.6 Å².